The van der Waals surface area contributed by atoms with E-state index in [-0.39, 0.29) is 17.5 Å². The van der Waals surface area contributed by atoms with Crippen molar-refractivity contribution in [3.63, 3.8) is 0 Å². The number of anilines is 2. The molecule has 3 aliphatic heterocycles. The van der Waals surface area contributed by atoms with Gasteiger partial charge in [-0.2, -0.15) is 0 Å². The molecule has 1 fully saturated rings. The number of hydrogen-bond donors (Lipinski definition) is 1. The normalized spacial score (nSPS) is 23.0. The summed E-state index contributed by atoms with van der Waals surface area (Å²) in [6.07, 6.45) is 6.46. The van der Waals surface area contributed by atoms with E-state index in [2.05, 4.69) is 23.2 Å². The van der Waals surface area contributed by atoms with Gasteiger partial charge in [0.05, 0.1) is 12.0 Å². The monoisotopic (exact) mass is 580 g/mol. The molecule has 5 nitrogen and oxygen atoms in total. The predicted molar refractivity (Wildman–Crippen MR) is 175 cm³/mol. The largest absolute Gasteiger partial charge is 0.352 e. The topological polar surface area (TPSA) is 66.5 Å². The van der Waals surface area contributed by atoms with E-state index in [1.165, 1.54) is 5.56 Å². The quantitative estimate of drug-likeness (QED) is 0.172. The molecule has 1 saturated heterocycles. The standard InChI is InChI=1S/C39H36N2O3/c1-3-4-6-13-26-20-22-28(23-21-26)36(42)34-35(37(43)27-14-7-5-8-15-27)41-32-19-12-9-16-29(32)25(2)24-33(41)39(34)30-17-10-11-18-31(30)40-38(39)44/h5,7-12,14-24,33-35H,3-4,6,13H2,1-2H3,(H,40,44)/t33-,34-,35+,39+/m0/s1. The van der Waals surface area contributed by atoms with Gasteiger partial charge in [0, 0.05) is 28.1 Å². The highest BCUT2D eigenvalue weighted by Gasteiger charge is 2.70. The van der Waals surface area contributed by atoms with E-state index in [1.807, 2.05) is 97.9 Å². The Bertz CT molecular complexity index is 1790. The average molecular weight is 581 g/mol. The van der Waals surface area contributed by atoms with Crippen molar-refractivity contribution in [3.05, 3.63) is 137 Å². The molecule has 1 N–H and O–H groups in total. The molecule has 0 saturated carbocycles. The minimum atomic E-state index is -1.31. The number of nitrogens with zero attached hydrogens (tertiary/aromatic N) is 1. The van der Waals surface area contributed by atoms with E-state index in [4.69, 9.17) is 0 Å². The van der Waals surface area contributed by atoms with Gasteiger partial charge in [-0.25, -0.2) is 0 Å². The first kappa shape index (κ1) is 28.0. The van der Waals surface area contributed by atoms with Gasteiger partial charge in [0.1, 0.15) is 11.5 Å². The van der Waals surface area contributed by atoms with Crippen LogP contribution in [0.15, 0.2) is 109 Å². The summed E-state index contributed by atoms with van der Waals surface area (Å²) >= 11 is 0. The molecule has 0 radical (unpaired) electrons. The zero-order chi connectivity index (χ0) is 30.4. The van der Waals surface area contributed by atoms with Crippen molar-refractivity contribution in [2.45, 2.75) is 57.0 Å². The molecule has 7 rings (SSSR count). The highest BCUT2D eigenvalue weighted by atomic mass is 16.2. The molecule has 0 unspecified atom stereocenters. The fourth-order valence-corrected chi connectivity index (χ4v) is 7.75. The number of para-hydroxylation sites is 2. The second-order valence-electron chi connectivity index (χ2n) is 12.3. The van der Waals surface area contributed by atoms with Gasteiger partial charge < -0.3 is 10.2 Å². The second kappa shape index (κ2) is 11.1. The van der Waals surface area contributed by atoms with Crippen LogP contribution in [0.4, 0.5) is 11.4 Å². The number of unbranched alkanes of at least 4 members (excludes halogenated alkanes) is 2. The summed E-state index contributed by atoms with van der Waals surface area (Å²) in [5, 5.41) is 3.12. The molecule has 220 valence electrons. The Morgan fingerprint density at radius 3 is 2.25 bits per heavy atom. The number of rotatable bonds is 8. The van der Waals surface area contributed by atoms with Gasteiger partial charge in [0.2, 0.25) is 5.91 Å². The molecule has 1 amide bonds. The van der Waals surface area contributed by atoms with Gasteiger partial charge in [-0.1, -0.05) is 117 Å². The molecular formula is C39H36N2O3. The Hall–Kier alpha value is -4.77. The van der Waals surface area contributed by atoms with Gasteiger partial charge in [-0.15, -0.1) is 0 Å². The number of amides is 1. The fourth-order valence-electron chi connectivity index (χ4n) is 7.75. The molecule has 0 aromatic heterocycles. The zero-order valence-corrected chi connectivity index (χ0v) is 25.1. The summed E-state index contributed by atoms with van der Waals surface area (Å²) in [5.74, 6) is -1.56. The number of carbonyl (C=O) groups excluding carboxylic acids is 3. The summed E-state index contributed by atoms with van der Waals surface area (Å²) in [6, 6.07) is 31.2. The fraction of sp³-hybridized carbons (Fsp3) is 0.256. The van der Waals surface area contributed by atoms with E-state index in [9.17, 15) is 9.59 Å². The molecule has 4 aromatic carbocycles. The maximum absolute atomic E-state index is 15.0. The van der Waals surface area contributed by atoms with Crippen LogP contribution in [-0.4, -0.2) is 29.6 Å². The first-order chi connectivity index (χ1) is 21.5. The van der Waals surface area contributed by atoms with Crippen molar-refractivity contribution in [2.24, 2.45) is 5.92 Å². The maximum atomic E-state index is 15.0. The SMILES string of the molecule is CCCCCc1ccc(C(=O)[C@@H]2[C@H](C(=O)c3ccccc3)N3c4ccccc4C(C)=C[C@H]3[C@@]23C(=O)Nc2ccccc23)cc1. The lowest BCUT2D eigenvalue weighted by Crippen LogP contribution is -2.51. The van der Waals surface area contributed by atoms with Crippen molar-refractivity contribution in [1.82, 2.24) is 0 Å². The van der Waals surface area contributed by atoms with Crippen LogP contribution >= 0.6 is 0 Å². The lowest BCUT2D eigenvalue weighted by molar-refractivity contribution is -0.121. The third kappa shape index (κ3) is 4.17. The van der Waals surface area contributed by atoms with E-state index < -0.39 is 23.4 Å². The van der Waals surface area contributed by atoms with Crippen LogP contribution in [0.2, 0.25) is 0 Å². The van der Waals surface area contributed by atoms with Gasteiger partial charge >= 0.3 is 0 Å². The van der Waals surface area contributed by atoms with Crippen LogP contribution in [-0.2, 0) is 16.6 Å². The minimum absolute atomic E-state index is 0.165. The molecule has 0 aliphatic carbocycles. The van der Waals surface area contributed by atoms with Crippen molar-refractivity contribution >= 4 is 34.4 Å². The van der Waals surface area contributed by atoms with Gasteiger partial charge in [-0.05, 0) is 48.6 Å². The predicted octanol–water partition coefficient (Wildman–Crippen LogP) is 7.67. The summed E-state index contributed by atoms with van der Waals surface area (Å²) in [6.45, 7) is 4.23. The Balaban J connectivity index is 1.46. The molecule has 1 spiro atoms. The first-order valence-electron chi connectivity index (χ1n) is 15.7. The van der Waals surface area contributed by atoms with Gasteiger partial charge in [0.15, 0.2) is 11.6 Å². The number of carbonyl (C=O) groups is 3. The number of benzene rings is 4. The number of fused-ring (bicyclic) bond motifs is 6. The molecule has 3 aliphatic rings. The van der Waals surface area contributed by atoms with Crippen molar-refractivity contribution in [2.75, 3.05) is 10.2 Å². The van der Waals surface area contributed by atoms with Crippen molar-refractivity contribution in [3.8, 4) is 0 Å². The lowest BCUT2D eigenvalue weighted by atomic mass is 9.64. The summed E-state index contributed by atoms with van der Waals surface area (Å²) in [5.41, 5.74) is 5.26. The molecule has 3 heterocycles. The number of allylic oxidation sites excluding steroid dienone is 1. The molecule has 5 heteroatoms. The lowest BCUT2D eigenvalue weighted by Gasteiger charge is -2.39. The van der Waals surface area contributed by atoms with Crippen LogP contribution in [0.25, 0.3) is 5.57 Å². The molecule has 44 heavy (non-hydrogen) atoms. The van der Waals surface area contributed by atoms with Crippen LogP contribution in [0.1, 0.15) is 70.5 Å². The second-order valence-corrected chi connectivity index (χ2v) is 12.3. The highest BCUT2D eigenvalue weighted by Crippen LogP contribution is 2.58. The van der Waals surface area contributed by atoms with Gasteiger partial charge in [-0.3, -0.25) is 14.4 Å². The summed E-state index contributed by atoms with van der Waals surface area (Å²) in [7, 11) is 0. The van der Waals surface area contributed by atoms with E-state index >= 15 is 4.79 Å². The summed E-state index contributed by atoms with van der Waals surface area (Å²) in [4.78, 5) is 46.4. The molecule has 0 bridgehead atoms. The van der Waals surface area contributed by atoms with Crippen molar-refractivity contribution in [1.29, 1.82) is 0 Å². The molecular weight excluding hydrogens is 544 g/mol. The number of aryl methyl sites for hydroxylation is 1. The Kier molecular flexibility index (Phi) is 7.04. The zero-order valence-electron chi connectivity index (χ0n) is 25.1. The Morgan fingerprint density at radius 1 is 0.795 bits per heavy atom. The van der Waals surface area contributed by atoms with Crippen LogP contribution in [0.5, 0.6) is 0 Å². The molecule has 4 aromatic rings. The van der Waals surface area contributed by atoms with Crippen LogP contribution in [0, 0.1) is 5.92 Å². The van der Waals surface area contributed by atoms with Crippen molar-refractivity contribution < 1.29 is 14.4 Å². The van der Waals surface area contributed by atoms with Gasteiger partial charge in [0.25, 0.3) is 0 Å². The van der Waals surface area contributed by atoms with E-state index in [0.29, 0.717) is 16.8 Å². The molecule has 4 atom stereocenters. The summed E-state index contributed by atoms with van der Waals surface area (Å²) < 4.78 is 0. The van der Waals surface area contributed by atoms with E-state index in [0.717, 1.165) is 48.1 Å². The highest BCUT2D eigenvalue weighted by molar-refractivity contribution is 6.18. The smallest absolute Gasteiger partial charge is 0.238 e. The number of nitrogens with one attached hydrogen (secondary N) is 1. The third-order valence-corrected chi connectivity index (χ3v) is 9.80. The van der Waals surface area contributed by atoms with Crippen LogP contribution in [0.3, 0.4) is 0 Å². The third-order valence-electron chi connectivity index (χ3n) is 9.80. The van der Waals surface area contributed by atoms with Crippen LogP contribution < -0.4 is 10.2 Å². The van der Waals surface area contributed by atoms with E-state index in [1.54, 1.807) is 12.1 Å². The number of ketones is 2. The Labute approximate surface area is 258 Å². The Morgan fingerprint density at radius 2 is 1.48 bits per heavy atom. The number of Topliss-reactive ketones (excluding diaryl/α,β-unsaturated/α-hetero) is 2. The first-order valence-corrected chi connectivity index (χ1v) is 15.7. The average Bonchev–Trinajstić information content (AvgIpc) is 3.53. The minimum Gasteiger partial charge on any atom is -0.352 e. The maximum Gasteiger partial charge on any atom is 0.238 e. The number of hydrogen-bond acceptors (Lipinski definition) is 4.